The minimum Gasteiger partial charge on any atom is -0.466 e. The number of esters is 1. The van der Waals surface area contributed by atoms with Gasteiger partial charge < -0.3 is 4.74 Å². The van der Waals surface area contributed by atoms with Gasteiger partial charge in [-0.3, -0.25) is 19.2 Å². The smallest absolute Gasteiger partial charge is 0.309 e. The lowest BCUT2D eigenvalue weighted by Gasteiger charge is -2.24. The highest BCUT2D eigenvalue weighted by Gasteiger charge is 2.51. The number of ketones is 3. The molecule has 0 bridgehead atoms. The van der Waals surface area contributed by atoms with Crippen molar-refractivity contribution in [1.82, 2.24) is 0 Å². The van der Waals surface area contributed by atoms with Gasteiger partial charge >= 0.3 is 5.97 Å². The van der Waals surface area contributed by atoms with Crippen molar-refractivity contribution in [2.45, 2.75) is 26.2 Å². The molecule has 1 unspecified atom stereocenters. The highest BCUT2D eigenvalue weighted by molar-refractivity contribution is 6.13. The quantitative estimate of drug-likeness (QED) is 0.522. The zero-order valence-corrected chi connectivity index (χ0v) is 9.60. The van der Waals surface area contributed by atoms with Crippen LogP contribution in [0.4, 0.5) is 0 Å². The third-order valence-electron chi connectivity index (χ3n) is 3.29. The fourth-order valence-electron chi connectivity index (χ4n) is 2.33. The summed E-state index contributed by atoms with van der Waals surface area (Å²) < 4.78 is 4.80. The second-order valence-electron chi connectivity index (χ2n) is 4.54. The van der Waals surface area contributed by atoms with Gasteiger partial charge in [0.15, 0.2) is 0 Å². The van der Waals surface area contributed by atoms with Crippen molar-refractivity contribution in [3.8, 4) is 0 Å². The highest BCUT2D eigenvalue weighted by Crippen LogP contribution is 2.39. The van der Waals surface area contributed by atoms with Gasteiger partial charge in [-0.2, -0.15) is 0 Å². The van der Waals surface area contributed by atoms with Crippen LogP contribution in [0.2, 0.25) is 0 Å². The van der Waals surface area contributed by atoms with Crippen LogP contribution in [-0.4, -0.2) is 29.9 Å². The molecule has 0 heterocycles. The number of ether oxygens (including phenoxy) is 1. The van der Waals surface area contributed by atoms with E-state index in [4.69, 9.17) is 4.74 Å². The Bertz CT molecular complexity index is 380. The minimum absolute atomic E-state index is 0.0220. The molecule has 5 heteroatoms. The molecule has 0 aromatic carbocycles. The van der Waals surface area contributed by atoms with Crippen LogP contribution < -0.4 is 0 Å². The van der Waals surface area contributed by atoms with Crippen molar-refractivity contribution >= 4 is 23.3 Å². The van der Waals surface area contributed by atoms with Crippen molar-refractivity contribution in [2.75, 3.05) is 6.61 Å². The van der Waals surface area contributed by atoms with Crippen LogP contribution in [0.15, 0.2) is 0 Å². The summed E-state index contributed by atoms with van der Waals surface area (Å²) in [5, 5.41) is 0. The number of hydrogen-bond donors (Lipinski definition) is 0. The third-order valence-corrected chi connectivity index (χ3v) is 3.29. The Morgan fingerprint density at radius 3 is 2.06 bits per heavy atom. The monoisotopic (exact) mass is 238 g/mol. The maximum absolute atomic E-state index is 11.8. The maximum atomic E-state index is 11.8. The molecule has 2 saturated carbocycles. The van der Waals surface area contributed by atoms with Crippen molar-refractivity contribution in [1.29, 1.82) is 0 Å². The van der Waals surface area contributed by atoms with Gasteiger partial charge in [-0.1, -0.05) is 0 Å². The molecule has 0 aromatic rings. The molecule has 2 rings (SSSR count). The molecular formula is C12H14O5. The molecule has 2 aliphatic carbocycles. The SMILES string of the molecule is CCOC(=O)C1CC(=O)C(C2CC2=O)C(=O)C1. The zero-order valence-electron chi connectivity index (χ0n) is 9.60. The molecule has 1 atom stereocenters. The molecule has 92 valence electrons. The van der Waals surface area contributed by atoms with Crippen LogP contribution in [0, 0.1) is 17.8 Å². The average Bonchev–Trinajstić information content (AvgIpc) is 2.94. The van der Waals surface area contributed by atoms with Crippen LogP contribution in [-0.2, 0) is 23.9 Å². The molecule has 0 saturated heterocycles. The topological polar surface area (TPSA) is 77.5 Å². The summed E-state index contributed by atoms with van der Waals surface area (Å²) in [6.45, 7) is 1.91. The normalized spacial score (nSPS) is 32.5. The summed E-state index contributed by atoms with van der Waals surface area (Å²) in [5.41, 5.74) is 0. The minimum atomic E-state index is -0.784. The standard InChI is InChI=1S/C12H14O5/c1-2-17-12(16)6-3-9(14)11(10(15)4-6)7-5-8(7)13/h6-7,11H,2-5H2,1H3. The fraction of sp³-hybridized carbons (Fsp3) is 0.667. The zero-order chi connectivity index (χ0) is 12.6. The highest BCUT2D eigenvalue weighted by atomic mass is 16.5. The molecule has 5 nitrogen and oxygen atoms in total. The van der Waals surface area contributed by atoms with E-state index in [1.54, 1.807) is 6.92 Å². The Hall–Kier alpha value is -1.52. The Balaban J connectivity index is 2.02. The number of carbonyl (C=O) groups excluding carboxylic acids is 4. The van der Waals surface area contributed by atoms with Crippen LogP contribution in [0.3, 0.4) is 0 Å². The summed E-state index contributed by atoms with van der Waals surface area (Å²) >= 11 is 0. The number of hydrogen-bond acceptors (Lipinski definition) is 5. The summed E-state index contributed by atoms with van der Waals surface area (Å²) in [6, 6.07) is 0. The van der Waals surface area contributed by atoms with Crippen LogP contribution in [0.5, 0.6) is 0 Å². The molecule has 0 radical (unpaired) electrons. The van der Waals surface area contributed by atoms with Gasteiger partial charge in [-0.05, 0) is 6.92 Å². The third kappa shape index (κ3) is 2.28. The van der Waals surface area contributed by atoms with Gasteiger partial charge in [0.2, 0.25) is 0 Å². The first kappa shape index (κ1) is 12.0. The van der Waals surface area contributed by atoms with E-state index in [-0.39, 0.29) is 36.8 Å². The van der Waals surface area contributed by atoms with E-state index < -0.39 is 23.7 Å². The predicted molar refractivity (Wildman–Crippen MR) is 56.0 cm³/mol. The summed E-state index contributed by atoms with van der Waals surface area (Å²) in [4.78, 5) is 46.0. The van der Waals surface area contributed by atoms with Crippen molar-refractivity contribution < 1.29 is 23.9 Å². The molecule has 0 aliphatic heterocycles. The summed E-state index contributed by atoms with van der Waals surface area (Å²) in [7, 11) is 0. The van der Waals surface area contributed by atoms with Gasteiger partial charge in [0, 0.05) is 25.2 Å². The molecular weight excluding hydrogens is 224 g/mol. The lowest BCUT2D eigenvalue weighted by atomic mass is 9.77. The summed E-state index contributed by atoms with van der Waals surface area (Å²) in [6.07, 6.45) is 0.379. The molecule has 17 heavy (non-hydrogen) atoms. The van der Waals surface area contributed by atoms with E-state index in [1.165, 1.54) is 0 Å². The van der Waals surface area contributed by atoms with E-state index in [9.17, 15) is 19.2 Å². The van der Waals surface area contributed by atoms with Crippen LogP contribution in [0.1, 0.15) is 26.2 Å². The van der Waals surface area contributed by atoms with Crippen LogP contribution >= 0.6 is 0 Å². The average molecular weight is 238 g/mol. The molecule has 2 aliphatic rings. The molecule has 0 N–H and O–H groups in total. The second-order valence-corrected chi connectivity index (χ2v) is 4.54. The maximum Gasteiger partial charge on any atom is 0.309 e. The van der Waals surface area contributed by atoms with Crippen molar-refractivity contribution in [3.05, 3.63) is 0 Å². The number of carbonyl (C=O) groups is 4. The lowest BCUT2D eigenvalue weighted by molar-refractivity contribution is -0.155. The first-order valence-corrected chi connectivity index (χ1v) is 5.79. The fourth-order valence-corrected chi connectivity index (χ4v) is 2.33. The Morgan fingerprint density at radius 2 is 1.65 bits per heavy atom. The second kappa shape index (κ2) is 4.39. The van der Waals surface area contributed by atoms with Gasteiger partial charge in [-0.25, -0.2) is 0 Å². The van der Waals surface area contributed by atoms with E-state index in [1.807, 2.05) is 0 Å². The van der Waals surface area contributed by atoms with Crippen molar-refractivity contribution in [3.63, 3.8) is 0 Å². The van der Waals surface area contributed by atoms with Crippen molar-refractivity contribution in [2.24, 2.45) is 17.8 Å². The Kier molecular flexibility index (Phi) is 3.09. The van der Waals surface area contributed by atoms with E-state index in [0.717, 1.165) is 0 Å². The predicted octanol–water partition coefficient (Wildman–Crippen LogP) is 0.303. The van der Waals surface area contributed by atoms with Gasteiger partial charge in [0.1, 0.15) is 17.3 Å². The number of rotatable bonds is 3. The largest absolute Gasteiger partial charge is 0.466 e. The van der Waals surface area contributed by atoms with E-state index in [0.29, 0.717) is 6.42 Å². The molecule has 0 amide bonds. The lowest BCUT2D eigenvalue weighted by Crippen LogP contribution is -2.38. The van der Waals surface area contributed by atoms with E-state index >= 15 is 0 Å². The molecule has 2 fully saturated rings. The van der Waals surface area contributed by atoms with E-state index in [2.05, 4.69) is 0 Å². The number of Topliss-reactive ketones (excluding diaryl/α,β-unsaturated/α-hetero) is 3. The Labute approximate surface area is 98.5 Å². The van der Waals surface area contributed by atoms with Gasteiger partial charge in [0.05, 0.1) is 18.4 Å². The Morgan fingerprint density at radius 1 is 1.12 bits per heavy atom. The first-order valence-electron chi connectivity index (χ1n) is 5.79. The van der Waals surface area contributed by atoms with Gasteiger partial charge in [-0.15, -0.1) is 0 Å². The van der Waals surface area contributed by atoms with Gasteiger partial charge in [0.25, 0.3) is 0 Å². The van der Waals surface area contributed by atoms with Crippen LogP contribution in [0.25, 0.3) is 0 Å². The summed E-state index contributed by atoms with van der Waals surface area (Å²) in [5.74, 6) is -2.92. The molecule has 0 aromatic heterocycles. The first-order chi connectivity index (χ1) is 8.04. The molecule has 0 spiro atoms.